The first-order valence-corrected chi connectivity index (χ1v) is 8.00. The number of nitrogens with zero attached hydrogens (tertiary/aromatic N) is 2. The zero-order valence-corrected chi connectivity index (χ0v) is 14.5. The molecule has 0 aliphatic carbocycles. The fraction of sp³-hybridized carbons (Fsp3) is 0.190. The minimum absolute atomic E-state index is 0.214. The van der Waals surface area contributed by atoms with E-state index >= 15 is 0 Å². The highest BCUT2D eigenvalue weighted by atomic mass is 19.1. The summed E-state index contributed by atoms with van der Waals surface area (Å²) in [5.74, 6) is -0.214. The molecule has 1 heterocycles. The van der Waals surface area contributed by atoms with Gasteiger partial charge in [0.05, 0.1) is 0 Å². The molecule has 0 spiro atoms. The van der Waals surface area contributed by atoms with Crippen molar-refractivity contribution in [3.63, 3.8) is 0 Å². The van der Waals surface area contributed by atoms with E-state index in [2.05, 4.69) is 52.8 Å². The van der Waals surface area contributed by atoms with Crippen molar-refractivity contribution < 1.29 is 8.96 Å². The molecule has 1 aromatic heterocycles. The molecule has 0 atom stereocenters. The van der Waals surface area contributed by atoms with Crippen molar-refractivity contribution in [1.82, 2.24) is 0 Å². The lowest BCUT2D eigenvalue weighted by Crippen LogP contribution is -2.34. The summed E-state index contributed by atoms with van der Waals surface area (Å²) in [5.41, 5.74) is 6.75. The molecule has 0 amide bonds. The Hall–Kier alpha value is -2.68. The summed E-state index contributed by atoms with van der Waals surface area (Å²) < 4.78 is 15.3. The molecule has 0 unspecified atom stereocenters. The van der Waals surface area contributed by atoms with Gasteiger partial charge in [0, 0.05) is 44.4 Å². The van der Waals surface area contributed by atoms with Crippen LogP contribution in [0.4, 0.5) is 10.1 Å². The van der Waals surface area contributed by atoms with Crippen LogP contribution in [0.1, 0.15) is 5.69 Å². The summed E-state index contributed by atoms with van der Waals surface area (Å²) in [6, 6.07) is 19.5. The summed E-state index contributed by atoms with van der Waals surface area (Å²) >= 11 is 0. The molecule has 3 heteroatoms. The number of aromatic nitrogens is 1. The molecule has 0 radical (unpaired) electrons. The third-order valence-electron chi connectivity index (χ3n) is 4.40. The van der Waals surface area contributed by atoms with Crippen LogP contribution in [0.15, 0.2) is 60.7 Å². The minimum atomic E-state index is -0.214. The quantitative estimate of drug-likeness (QED) is 0.650. The first kappa shape index (κ1) is 16.2. The van der Waals surface area contributed by atoms with Gasteiger partial charge in [0.25, 0.3) is 0 Å². The van der Waals surface area contributed by atoms with Crippen LogP contribution >= 0.6 is 0 Å². The lowest BCUT2D eigenvalue weighted by molar-refractivity contribution is -0.666. The molecule has 0 fully saturated rings. The van der Waals surface area contributed by atoms with Gasteiger partial charge in [0.1, 0.15) is 12.9 Å². The first-order chi connectivity index (χ1) is 11.5. The molecule has 2 aromatic carbocycles. The van der Waals surface area contributed by atoms with Crippen molar-refractivity contribution in [2.45, 2.75) is 6.92 Å². The maximum atomic E-state index is 13.2. The maximum Gasteiger partial charge on any atom is 0.213 e. The normalized spacial score (nSPS) is 10.7. The summed E-state index contributed by atoms with van der Waals surface area (Å²) in [5, 5.41) is 0. The predicted molar refractivity (Wildman–Crippen MR) is 97.5 cm³/mol. The van der Waals surface area contributed by atoms with Crippen LogP contribution in [0.25, 0.3) is 22.4 Å². The minimum Gasteiger partial charge on any atom is -0.378 e. The van der Waals surface area contributed by atoms with E-state index in [9.17, 15) is 4.39 Å². The fourth-order valence-corrected chi connectivity index (χ4v) is 2.81. The Balaban J connectivity index is 2.08. The molecule has 24 heavy (non-hydrogen) atoms. The second kappa shape index (κ2) is 6.44. The Morgan fingerprint density at radius 1 is 0.792 bits per heavy atom. The molecule has 2 nitrogen and oxygen atoms in total. The van der Waals surface area contributed by atoms with Crippen molar-refractivity contribution in [2.75, 3.05) is 19.0 Å². The van der Waals surface area contributed by atoms with E-state index in [0.717, 1.165) is 22.5 Å². The summed E-state index contributed by atoms with van der Waals surface area (Å²) in [6.07, 6.45) is 0. The molecule has 0 saturated carbocycles. The van der Waals surface area contributed by atoms with Crippen LogP contribution in [0, 0.1) is 12.7 Å². The van der Waals surface area contributed by atoms with E-state index in [0.29, 0.717) is 0 Å². The summed E-state index contributed by atoms with van der Waals surface area (Å²) in [7, 11) is 6.11. The number of hydrogen-bond donors (Lipinski definition) is 0. The number of anilines is 1. The Kier molecular flexibility index (Phi) is 4.34. The number of aryl methyl sites for hydroxylation is 1. The van der Waals surface area contributed by atoms with Gasteiger partial charge in [-0.15, -0.1) is 0 Å². The van der Waals surface area contributed by atoms with Crippen LogP contribution in [0.2, 0.25) is 0 Å². The molecule has 3 rings (SSSR count). The average Bonchev–Trinajstić information content (AvgIpc) is 2.58. The number of benzene rings is 2. The van der Waals surface area contributed by atoms with Crippen molar-refractivity contribution in [3.8, 4) is 22.4 Å². The van der Waals surface area contributed by atoms with Gasteiger partial charge >= 0.3 is 0 Å². The Bertz CT molecular complexity index is 850. The smallest absolute Gasteiger partial charge is 0.213 e. The predicted octanol–water partition coefficient (Wildman–Crippen LogP) is 4.36. The number of rotatable bonds is 3. The van der Waals surface area contributed by atoms with E-state index < -0.39 is 0 Å². The second-order valence-electron chi connectivity index (χ2n) is 6.28. The van der Waals surface area contributed by atoms with E-state index in [-0.39, 0.29) is 5.82 Å². The first-order valence-electron chi connectivity index (χ1n) is 8.00. The molecule has 0 bridgehead atoms. The largest absolute Gasteiger partial charge is 0.378 e. The number of halogens is 1. The van der Waals surface area contributed by atoms with Crippen LogP contribution in [0.3, 0.4) is 0 Å². The molecular weight excluding hydrogens is 299 g/mol. The third kappa shape index (κ3) is 3.16. The van der Waals surface area contributed by atoms with Crippen molar-refractivity contribution in [3.05, 3.63) is 72.2 Å². The van der Waals surface area contributed by atoms with Crippen molar-refractivity contribution in [1.29, 1.82) is 0 Å². The summed E-state index contributed by atoms with van der Waals surface area (Å²) in [6.45, 7) is 2.09. The third-order valence-corrected chi connectivity index (χ3v) is 4.40. The van der Waals surface area contributed by atoms with Crippen LogP contribution in [-0.4, -0.2) is 14.1 Å². The molecule has 3 aromatic rings. The van der Waals surface area contributed by atoms with Gasteiger partial charge in [0.2, 0.25) is 5.69 Å². The van der Waals surface area contributed by atoms with Gasteiger partial charge in [0.15, 0.2) is 5.69 Å². The van der Waals surface area contributed by atoms with Crippen LogP contribution in [-0.2, 0) is 7.05 Å². The highest BCUT2D eigenvalue weighted by Crippen LogP contribution is 2.26. The lowest BCUT2D eigenvalue weighted by Gasteiger charge is -2.13. The second-order valence-corrected chi connectivity index (χ2v) is 6.28. The Morgan fingerprint density at radius 3 is 1.96 bits per heavy atom. The fourth-order valence-electron chi connectivity index (χ4n) is 2.81. The van der Waals surface area contributed by atoms with Crippen LogP contribution < -0.4 is 9.47 Å². The van der Waals surface area contributed by atoms with Gasteiger partial charge in [-0.3, -0.25) is 0 Å². The average molecular weight is 321 g/mol. The Morgan fingerprint density at radius 2 is 1.38 bits per heavy atom. The van der Waals surface area contributed by atoms with E-state index in [1.807, 2.05) is 33.3 Å². The highest BCUT2D eigenvalue weighted by molar-refractivity contribution is 5.70. The zero-order chi connectivity index (χ0) is 17.3. The Labute approximate surface area is 142 Å². The van der Waals surface area contributed by atoms with Gasteiger partial charge in [-0.1, -0.05) is 12.1 Å². The van der Waals surface area contributed by atoms with Crippen molar-refractivity contribution in [2.24, 2.45) is 7.05 Å². The number of hydrogen-bond acceptors (Lipinski definition) is 1. The monoisotopic (exact) mass is 321 g/mol. The van der Waals surface area contributed by atoms with E-state index in [4.69, 9.17) is 0 Å². The zero-order valence-electron chi connectivity index (χ0n) is 14.5. The molecule has 0 N–H and O–H groups in total. The molecule has 0 saturated heterocycles. The molecular formula is C21H22FN2+. The topological polar surface area (TPSA) is 7.12 Å². The number of pyridine rings is 1. The maximum absolute atomic E-state index is 13.2. The lowest BCUT2D eigenvalue weighted by atomic mass is 10.0. The van der Waals surface area contributed by atoms with Gasteiger partial charge in [-0.25, -0.2) is 4.39 Å². The summed E-state index contributed by atoms with van der Waals surface area (Å²) in [4.78, 5) is 2.09. The van der Waals surface area contributed by atoms with Gasteiger partial charge in [-0.05, 0) is 47.5 Å². The van der Waals surface area contributed by atoms with Gasteiger partial charge in [-0.2, -0.15) is 4.57 Å². The van der Waals surface area contributed by atoms with Crippen LogP contribution in [0.5, 0.6) is 0 Å². The van der Waals surface area contributed by atoms with E-state index in [1.165, 1.54) is 23.4 Å². The van der Waals surface area contributed by atoms with E-state index in [1.54, 1.807) is 0 Å². The molecule has 0 aliphatic heterocycles. The standard InChI is InChI=1S/C21H22FN2/c1-15-13-18(16-7-11-20(12-8-16)23(2)3)14-21(24(15)4)17-5-9-19(22)10-6-17/h5-14H,1-4H3/q+1. The molecule has 122 valence electrons. The van der Waals surface area contributed by atoms with Gasteiger partial charge < -0.3 is 4.90 Å². The van der Waals surface area contributed by atoms with Crippen molar-refractivity contribution >= 4 is 5.69 Å². The molecule has 0 aliphatic rings. The SMILES string of the molecule is Cc1cc(-c2ccc(N(C)C)cc2)cc(-c2ccc(F)cc2)[n+]1C. The highest BCUT2D eigenvalue weighted by Gasteiger charge is 2.15.